The average molecular weight is 452 g/mol. The molecule has 30 heavy (non-hydrogen) atoms. The molecule has 0 amide bonds. The van der Waals surface area contributed by atoms with Crippen LogP contribution in [0.1, 0.15) is 48.0 Å². The summed E-state index contributed by atoms with van der Waals surface area (Å²) < 4.78 is 27.5. The first-order valence-corrected chi connectivity index (χ1v) is 11.7. The highest BCUT2D eigenvalue weighted by Crippen LogP contribution is 2.26. The van der Waals surface area contributed by atoms with Crippen molar-refractivity contribution in [3.05, 3.63) is 58.2 Å². The van der Waals surface area contributed by atoms with Gasteiger partial charge in [0.15, 0.2) is 0 Å². The average Bonchev–Trinajstić information content (AvgIpc) is 2.73. The zero-order valence-corrected chi connectivity index (χ0v) is 18.9. The topological polar surface area (TPSA) is 81.0 Å². The number of nitrogens with zero attached hydrogens (tertiary/aromatic N) is 3. The van der Waals surface area contributed by atoms with Crippen molar-refractivity contribution >= 4 is 27.5 Å². The molecule has 1 fully saturated rings. The molecule has 0 unspecified atom stereocenters. The molecule has 7 nitrogen and oxygen atoms in total. The van der Waals surface area contributed by atoms with Crippen molar-refractivity contribution in [3.8, 4) is 0 Å². The lowest BCUT2D eigenvalue weighted by Crippen LogP contribution is -2.30. The van der Waals surface area contributed by atoms with E-state index in [0.29, 0.717) is 9.96 Å². The van der Waals surface area contributed by atoms with Crippen molar-refractivity contribution in [1.82, 2.24) is 9.04 Å². The summed E-state index contributed by atoms with van der Waals surface area (Å²) in [5.74, 6) is -0.377. The lowest BCUT2D eigenvalue weighted by molar-refractivity contribution is -0.0258. The Bertz CT molecular complexity index is 1110. The number of aryl methyl sites for hydroxylation is 1. The number of halogens is 1. The standard InChI is InChI=1S/C21H26ClN3O4S/c1-15-11-12-25(20(13-15)23-17-7-5-4-6-8-17)21(26)16-9-10-18(22)19(14-16)30(27,28)24(2)29-3/h9-14,17H,4-8H2,1-3H3. The third kappa shape index (κ3) is 4.83. The van der Waals surface area contributed by atoms with E-state index in [2.05, 4.69) is 0 Å². The van der Waals surface area contributed by atoms with Crippen LogP contribution < -0.4 is 5.49 Å². The lowest BCUT2D eigenvalue weighted by Gasteiger charge is -2.18. The summed E-state index contributed by atoms with van der Waals surface area (Å²) in [5.41, 5.74) is 1.76. The quantitative estimate of drug-likeness (QED) is 0.651. The smallest absolute Gasteiger partial charge is 0.266 e. The number of hydrogen-bond acceptors (Lipinski definition) is 5. The first-order valence-electron chi connectivity index (χ1n) is 9.84. The van der Waals surface area contributed by atoms with Crippen LogP contribution in [0.4, 0.5) is 0 Å². The monoisotopic (exact) mass is 451 g/mol. The maximum absolute atomic E-state index is 13.3. The van der Waals surface area contributed by atoms with Gasteiger partial charge in [0.25, 0.3) is 15.9 Å². The summed E-state index contributed by atoms with van der Waals surface area (Å²) in [7, 11) is -1.51. The number of carbonyl (C=O) groups excluding carboxylic acids is 1. The molecule has 3 rings (SSSR count). The second-order valence-electron chi connectivity index (χ2n) is 7.40. The third-order valence-corrected chi connectivity index (χ3v) is 7.41. The highest BCUT2D eigenvalue weighted by atomic mass is 35.5. The zero-order chi connectivity index (χ0) is 21.9. The SMILES string of the molecule is CON(C)S(=O)(=O)c1cc(C(=O)n2ccc(C)cc2=NC2CCCCC2)ccc1Cl. The summed E-state index contributed by atoms with van der Waals surface area (Å²) in [5, 5.41) is 0.0106. The summed E-state index contributed by atoms with van der Waals surface area (Å²) in [6.07, 6.45) is 7.18. The van der Waals surface area contributed by atoms with Gasteiger partial charge in [-0.3, -0.25) is 19.2 Å². The minimum Gasteiger partial charge on any atom is -0.288 e. The Morgan fingerprint density at radius 2 is 1.90 bits per heavy atom. The molecule has 162 valence electrons. The van der Waals surface area contributed by atoms with E-state index in [9.17, 15) is 13.2 Å². The Kier molecular flexibility index (Phi) is 7.13. The molecule has 1 aromatic heterocycles. The fraction of sp³-hybridized carbons (Fsp3) is 0.429. The van der Waals surface area contributed by atoms with Gasteiger partial charge in [-0.25, -0.2) is 8.42 Å². The van der Waals surface area contributed by atoms with Gasteiger partial charge in [0.1, 0.15) is 10.4 Å². The summed E-state index contributed by atoms with van der Waals surface area (Å²) in [6, 6.07) is 8.07. The van der Waals surface area contributed by atoms with Crippen LogP contribution in [0.3, 0.4) is 0 Å². The van der Waals surface area contributed by atoms with Crippen LogP contribution in [0.15, 0.2) is 46.4 Å². The Morgan fingerprint density at radius 1 is 1.20 bits per heavy atom. The molecule has 1 saturated carbocycles. The minimum atomic E-state index is -4.00. The highest BCUT2D eigenvalue weighted by molar-refractivity contribution is 7.89. The zero-order valence-electron chi connectivity index (χ0n) is 17.3. The fourth-order valence-corrected chi connectivity index (χ4v) is 4.94. The first-order chi connectivity index (χ1) is 14.2. The van der Waals surface area contributed by atoms with E-state index in [1.807, 2.05) is 19.1 Å². The normalized spacial score (nSPS) is 16.2. The molecule has 0 bridgehead atoms. The van der Waals surface area contributed by atoms with Crippen LogP contribution in [-0.4, -0.2) is 43.6 Å². The van der Waals surface area contributed by atoms with Crippen LogP contribution in [0.25, 0.3) is 0 Å². The van der Waals surface area contributed by atoms with Crippen molar-refractivity contribution in [3.63, 3.8) is 0 Å². The molecular formula is C21H26ClN3O4S. The maximum atomic E-state index is 13.3. The van der Waals surface area contributed by atoms with Crippen LogP contribution in [0, 0.1) is 6.92 Å². The molecule has 0 aliphatic heterocycles. The molecule has 0 atom stereocenters. The van der Waals surface area contributed by atoms with Gasteiger partial charge in [-0.1, -0.05) is 35.3 Å². The number of hydrogen-bond donors (Lipinski definition) is 0. The van der Waals surface area contributed by atoms with Gasteiger partial charge in [-0.2, -0.15) is 0 Å². The first kappa shape index (κ1) is 22.7. The van der Waals surface area contributed by atoms with Gasteiger partial charge in [0.2, 0.25) is 0 Å². The van der Waals surface area contributed by atoms with Gasteiger partial charge in [0, 0.05) is 18.8 Å². The Balaban J connectivity index is 2.06. The minimum absolute atomic E-state index is 0.0106. The number of pyridine rings is 1. The summed E-state index contributed by atoms with van der Waals surface area (Å²) in [4.78, 5) is 22.7. The number of carbonyl (C=O) groups is 1. The third-order valence-electron chi connectivity index (χ3n) is 5.25. The van der Waals surface area contributed by atoms with Gasteiger partial charge in [0.05, 0.1) is 18.2 Å². The molecule has 0 radical (unpaired) electrons. The van der Waals surface area contributed by atoms with Crippen molar-refractivity contribution in [2.24, 2.45) is 4.99 Å². The van der Waals surface area contributed by atoms with Crippen molar-refractivity contribution < 1.29 is 18.0 Å². The molecular weight excluding hydrogens is 426 g/mol. The van der Waals surface area contributed by atoms with E-state index < -0.39 is 10.0 Å². The van der Waals surface area contributed by atoms with Crippen LogP contribution in [-0.2, 0) is 14.9 Å². The molecule has 1 aromatic carbocycles. The van der Waals surface area contributed by atoms with Gasteiger partial charge in [-0.05, 0) is 55.7 Å². The van der Waals surface area contributed by atoms with E-state index in [4.69, 9.17) is 21.4 Å². The number of rotatable bonds is 5. The van der Waals surface area contributed by atoms with E-state index in [1.54, 1.807) is 6.20 Å². The van der Waals surface area contributed by atoms with Crippen LogP contribution in [0.5, 0.6) is 0 Å². The Morgan fingerprint density at radius 3 is 2.57 bits per heavy atom. The number of benzene rings is 1. The highest BCUT2D eigenvalue weighted by Gasteiger charge is 2.25. The largest absolute Gasteiger partial charge is 0.288 e. The number of sulfonamides is 1. The Labute approximate surface area is 182 Å². The van der Waals surface area contributed by atoms with Crippen molar-refractivity contribution in [1.29, 1.82) is 0 Å². The molecule has 0 N–H and O–H groups in total. The molecule has 1 aliphatic carbocycles. The second-order valence-corrected chi connectivity index (χ2v) is 9.71. The lowest BCUT2D eigenvalue weighted by atomic mass is 9.96. The number of aromatic nitrogens is 1. The molecule has 0 spiro atoms. The molecule has 0 saturated heterocycles. The fourth-order valence-electron chi connectivity index (χ4n) is 3.47. The van der Waals surface area contributed by atoms with Crippen molar-refractivity contribution in [2.75, 3.05) is 14.2 Å². The predicted molar refractivity (Wildman–Crippen MR) is 115 cm³/mol. The van der Waals surface area contributed by atoms with Gasteiger partial charge < -0.3 is 0 Å². The van der Waals surface area contributed by atoms with Gasteiger partial charge >= 0.3 is 0 Å². The second kappa shape index (κ2) is 9.43. The van der Waals surface area contributed by atoms with E-state index in [1.165, 1.54) is 43.3 Å². The molecule has 1 heterocycles. The van der Waals surface area contributed by atoms with Crippen LogP contribution in [0.2, 0.25) is 5.02 Å². The summed E-state index contributed by atoms with van der Waals surface area (Å²) >= 11 is 6.12. The Hall–Kier alpha value is -2.00. The molecule has 2 aromatic rings. The molecule has 9 heteroatoms. The summed E-state index contributed by atoms with van der Waals surface area (Å²) in [6.45, 7) is 1.95. The van der Waals surface area contributed by atoms with E-state index in [0.717, 1.165) is 31.2 Å². The molecule has 1 aliphatic rings. The van der Waals surface area contributed by atoms with Crippen LogP contribution >= 0.6 is 11.6 Å². The van der Waals surface area contributed by atoms with Crippen molar-refractivity contribution in [2.45, 2.75) is 50.0 Å². The van der Waals surface area contributed by atoms with Gasteiger partial charge in [-0.15, -0.1) is 0 Å². The van der Waals surface area contributed by atoms with E-state index in [-0.39, 0.29) is 27.4 Å². The predicted octanol–water partition coefficient (Wildman–Crippen LogP) is 3.55. The number of hydroxylamine groups is 1. The van der Waals surface area contributed by atoms with E-state index >= 15 is 0 Å². The maximum Gasteiger partial charge on any atom is 0.266 e.